The third kappa shape index (κ3) is 2.28. The maximum Gasteiger partial charge on any atom is 0.264 e. The summed E-state index contributed by atoms with van der Waals surface area (Å²) in [6.07, 6.45) is 5.71. The Morgan fingerprint density at radius 3 is 2.84 bits per heavy atom. The predicted octanol–water partition coefficient (Wildman–Crippen LogP) is 3.43. The molecule has 1 saturated heterocycles. The van der Waals surface area contributed by atoms with E-state index in [-0.39, 0.29) is 11.9 Å². The molecule has 1 aliphatic rings. The third-order valence-electron chi connectivity index (χ3n) is 3.66. The van der Waals surface area contributed by atoms with Gasteiger partial charge in [-0.1, -0.05) is 0 Å². The summed E-state index contributed by atoms with van der Waals surface area (Å²) in [5, 5.41) is 1.99. The Hall–Kier alpha value is -1.68. The summed E-state index contributed by atoms with van der Waals surface area (Å²) in [6.45, 7) is 2.85. The van der Waals surface area contributed by atoms with Crippen molar-refractivity contribution in [3.05, 3.63) is 52.0 Å². The molecule has 2 aromatic heterocycles. The lowest BCUT2D eigenvalue weighted by Crippen LogP contribution is -2.30. The molecule has 1 atom stereocenters. The van der Waals surface area contributed by atoms with Crippen molar-refractivity contribution in [3.8, 4) is 0 Å². The smallest absolute Gasteiger partial charge is 0.264 e. The summed E-state index contributed by atoms with van der Waals surface area (Å²) < 4.78 is 0. The predicted molar refractivity (Wildman–Crippen MR) is 76.3 cm³/mol. The van der Waals surface area contributed by atoms with Crippen LogP contribution in [0, 0.1) is 6.92 Å². The number of rotatable bonds is 2. The SMILES string of the molecule is Cc1ccsc1C(=O)N1CCC[C@H]1c1ccncc1. The Morgan fingerprint density at radius 2 is 2.16 bits per heavy atom. The molecule has 19 heavy (non-hydrogen) atoms. The van der Waals surface area contributed by atoms with Crippen molar-refractivity contribution in [2.24, 2.45) is 0 Å². The van der Waals surface area contributed by atoms with Gasteiger partial charge >= 0.3 is 0 Å². The van der Waals surface area contributed by atoms with Gasteiger partial charge in [0.2, 0.25) is 0 Å². The first-order valence-corrected chi connectivity index (χ1v) is 7.40. The number of hydrogen-bond donors (Lipinski definition) is 0. The number of likely N-dealkylation sites (tertiary alicyclic amines) is 1. The van der Waals surface area contributed by atoms with E-state index in [0.717, 1.165) is 29.8 Å². The number of pyridine rings is 1. The number of carbonyl (C=O) groups is 1. The minimum Gasteiger partial charge on any atom is -0.331 e. The van der Waals surface area contributed by atoms with Crippen LogP contribution in [0.25, 0.3) is 0 Å². The van der Waals surface area contributed by atoms with E-state index >= 15 is 0 Å². The molecule has 0 N–H and O–H groups in total. The zero-order valence-corrected chi connectivity index (χ0v) is 11.7. The van der Waals surface area contributed by atoms with Crippen LogP contribution in [0.2, 0.25) is 0 Å². The Bertz CT molecular complexity index is 579. The van der Waals surface area contributed by atoms with Crippen molar-refractivity contribution in [2.45, 2.75) is 25.8 Å². The molecule has 1 fully saturated rings. The molecule has 0 radical (unpaired) electrons. The largest absolute Gasteiger partial charge is 0.331 e. The summed E-state index contributed by atoms with van der Waals surface area (Å²) in [5.74, 6) is 0.173. The third-order valence-corrected chi connectivity index (χ3v) is 4.67. The van der Waals surface area contributed by atoms with Crippen LogP contribution < -0.4 is 0 Å². The molecule has 0 spiro atoms. The molecular formula is C15H16N2OS. The Labute approximate surface area is 116 Å². The molecule has 3 nitrogen and oxygen atoms in total. The molecule has 0 bridgehead atoms. The number of thiophene rings is 1. The van der Waals surface area contributed by atoms with Gasteiger partial charge < -0.3 is 4.90 Å². The van der Waals surface area contributed by atoms with Crippen molar-refractivity contribution < 1.29 is 4.79 Å². The van der Waals surface area contributed by atoms with E-state index in [2.05, 4.69) is 4.98 Å². The Morgan fingerprint density at radius 1 is 1.37 bits per heavy atom. The van der Waals surface area contributed by atoms with Crippen LogP contribution in [0.4, 0.5) is 0 Å². The zero-order valence-electron chi connectivity index (χ0n) is 10.9. The highest BCUT2D eigenvalue weighted by Crippen LogP contribution is 2.34. The van der Waals surface area contributed by atoms with E-state index in [1.54, 1.807) is 12.4 Å². The summed E-state index contributed by atoms with van der Waals surface area (Å²) in [5.41, 5.74) is 2.27. The fourth-order valence-electron chi connectivity index (χ4n) is 2.66. The van der Waals surface area contributed by atoms with Crippen LogP contribution in [0.15, 0.2) is 36.0 Å². The minimum absolute atomic E-state index is 0.173. The Kier molecular flexibility index (Phi) is 3.34. The first-order valence-electron chi connectivity index (χ1n) is 6.52. The standard InChI is InChI=1S/C15H16N2OS/c1-11-6-10-19-14(11)15(18)17-9-2-3-13(17)12-4-7-16-8-5-12/h4-8,10,13H,2-3,9H2,1H3/t13-/m0/s1. The number of amides is 1. The second kappa shape index (κ2) is 5.13. The van der Waals surface area contributed by atoms with E-state index in [1.807, 2.05) is 35.4 Å². The summed E-state index contributed by atoms with van der Waals surface area (Å²) in [7, 11) is 0. The summed E-state index contributed by atoms with van der Waals surface area (Å²) in [6, 6.07) is 6.24. The lowest BCUT2D eigenvalue weighted by atomic mass is 10.1. The highest BCUT2D eigenvalue weighted by molar-refractivity contribution is 7.12. The normalized spacial score (nSPS) is 18.8. The first-order chi connectivity index (χ1) is 9.27. The number of aromatic nitrogens is 1. The van der Waals surface area contributed by atoms with Gasteiger partial charge in [0.15, 0.2) is 0 Å². The fourth-order valence-corrected chi connectivity index (χ4v) is 3.54. The van der Waals surface area contributed by atoms with Crippen LogP contribution in [0.5, 0.6) is 0 Å². The molecule has 3 rings (SSSR count). The van der Waals surface area contributed by atoms with Crippen LogP contribution in [-0.4, -0.2) is 22.3 Å². The average molecular weight is 272 g/mol. The second-order valence-corrected chi connectivity index (χ2v) is 5.79. The Balaban J connectivity index is 1.88. The lowest BCUT2D eigenvalue weighted by Gasteiger charge is -2.24. The van der Waals surface area contributed by atoms with E-state index in [0.29, 0.717) is 0 Å². The molecule has 0 unspecified atom stereocenters. The van der Waals surface area contributed by atoms with Crippen LogP contribution in [-0.2, 0) is 0 Å². The summed E-state index contributed by atoms with van der Waals surface area (Å²) in [4.78, 5) is 19.6. The topological polar surface area (TPSA) is 33.2 Å². The highest BCUT2D eigenvalue weighted by Gasteiger charge is 2.31. The van der Waals surface area contributed by atoms with Crippen molar-refractivity contribution >= 4 is 17.2 Å². The molecule has 4 heteroatoms. The van der Waals surface area contributed by atoms with Crippen LogP contribution >= 0.6 is 11.3 Å². The van der Waals surface area contributed by atoms with Gasteiger partial charge in [0.05, 0.1) is 10.9 Å². The monoisotopic (exact) mass is 272 g/mol. The number of nitrogens with zero attached hydrogens (tertiary/aromatic N) is 2. The van der Waals surface area contributed by atoms with Gasteiger partial charge in [0.1, 0.15) is 0 Å². The van der Waals surface area contributed by atoms with Crippen molar-refractivity contribution in [1.82, 2.24) is 9.88 Å². The van der Waals surface area contributed by atoms with Gasteiger partial charge in [-0.05, 0) is 54.5 Å². The quantitative estimate of drug-likeness (QED) is 0.839. The van der Waals surface area contributed by atoms with Gasteiger partial charge in [-0.15, -0.1) is 11.3 Å². The van der Waals surface area contributed by atoms with Crippen LogP contribution in [0.1, 0.15) is 39.7 Å². The molecule has 0 saturated carbocycles. The molecule has 98 valence electrons. The molecule has 1 amide bonds. The molecule has 0 aliphatic carbocycles. The van der Waals surface area contributed by atoms with Gasteiger partial charge in [-0.25, -0.2) is 0 Å². The number of aryl methyl sites for hydroxylation is 1. The first kappa shape index (κ1) is 12.4. The van der Waals surface area contributed by atoms with E-state index in [9.17, 15) is 4.79 Å². The van der Waals surface area contributed by atoms with Crippen molar-refractivity contribution in [3.63, 3.8) is 0 Å². The highest BCUT2D eigenvalue weighted by atomic mass is 32.1. The maximum atomic E-state index is 12.6. The number of carbonyl (C=O) groups excluding carboxylic acids is 1. The molecule has 1 aliphatic heterocycles. The zero-order chi connectivity index (χ0) is 13.2. The second-order valence-electron chi connectivity index (χ2n) is 4.87. The van der Waals surface area contributed by atoms with Crippen molar-refractivity contribution in [2.75, 3.05) is 6.54 Å². The van der Waals surface area contributed by atoms with Crippen molar-refractivity contribution in [1.29, 1.82) is 0 Å². The molecule has 2 aromatic rings. The minimum atomic E-state index is 0.173. The average Bonchev–Trinajstić information content (AvgIpc) is 3.07. The van der Waals surface area contributed by atoms with Gasteiger partial charge in [-0.2, -0.15) is 0 Å². The lowest BCUT2D eigenvalue weighted by molar-refractivity contribution is 0.0740. The van der Waals surface area contributed by atoms with Gasteiger partial charge in [-0.3, -0.25) is 9.78 Å². The molecule has 0 aromatic carbocycles. The molecular weight excluding hydrogens is 256 g/mol. The van der Waals surface area contributed by atoms with E-state index in [1.165, 1.54) is 16.9 Å². The summed E-state index contributed by atoms with van der Waals surface area (Å²) >= 11 is 1.54. The number of hydrogen-bond acceptors (Lipinski definition) is 3. The van der Waals surface area contributed by atoms with E-state index in [4.69, 9.17) is 0 Å². The fraction of sp³-hybridized carbons (Fsp3) is 0.333. The van der Waals surface area contributed by atoms with Gasteiger partial charge in [0, 0.05) is 18.9 Å². The van der Waals surface area contributed by atoms with Crippen LogP contribution in [0.3, 0.4) is 0 Å². The molecule has 3 heterocycles. The van der Waals surface area contributed by atoms with Gasteiger partial charge in [0.25, 0.3) is 5.91 Å². The van der Waals surface area contributed by atoms with E-state index < -0.39 is 0 Å². The maximum absolute atomic E-state index is 12.6.